The molecular formula is C9H15N3P+. The second-order valence-electron chi connectivity index (χ2n) is 3.72. The van der Waals surface area contributed by atoms with Gasteiger partial charge >= 0.3 is 0 Å². The Morgan fingerprint density at radius 2 is 2.23 bits per heavy atom. The number of hydrogen-bond acceptors (Lipinski definition) is 2. The van der Waals surface area contributed by atoms with E-state index < -0.39 is 7.71 Å². The summed E-state index contributed by atoms with van der Waals surface area (Å²) >= 11 is 0. The summed E-state index contributed by atoms with van der Waals surface area (Å²) in [5.41, 5.74) is 1.23. The minimum atomic E-state index is -0.393. The van der Waals surface area contributed by atoms with Crippen LogP contribution >= 0.6 is 7.71 Å². The molecule has 1 aromatic heterocycles. The van der Waals surface area contributed by atoms with Crippen LogP contribution in [0.15, 0.2) is 12.4 Å². The molecule has 2 rings (SSSR count). The van der Waals surface area contributed by atoms with Crippen molar-refractivity contribution < 1.29 is 0 Å². The summed E-state index contributed by atoms with van der Waals surface area (Å²) in [7, 11) is -0.393. The summed E-state index contributed by atoms with van der Waals surface area (Å²) < 4.78 is 2.08. The van der Waals surface area contributed by atoms with E-state index in [1.807, 2.05) is 6.20 Å². The van der Waals surface area contributed by atoms with Crippen molar-refractivity contribution in [2.45, 2.75) is 25.8 Å². The summed E-state index contributed by atoms with van der Waals surface area (Å²) in [6, 6.07) is 0.567. The van der Waals surface area contributed by atoms with Crippen LogP contribution in [-0.4, -0.2) is 22.1 Å². The highest BCUT2D eigenvalue weighted by molar-refractivity contribution is 7.45. The first-order valence-corrected chi connectivity index (χ1v) is 6.44. The predicted molar refractivity (Wildman–Crippen MR) is 54.6 cm³/mol. The van der Waals surface area contributed by atoms with Crippen molar-refractivity contribution in [1.82, 2.24) is 9.78 Å². The van der Waals surface area contributed by atoms with E-state index in [9.17, 15) is 0 Å². The maximum atomic E-state index is 7.66. The molecule has 3 nitrogen and oxygen atoms in total. The molecule has 1 N–H and O–H groups in total. The number of nitrogens with zero attached hydrogens (tertiary/aromatic N) is 2. The highest BCUT2D eigenvalue weighted by Crippen LogP contribution is 2.35. The number of aromatic nitrogens is 2. The fourth-order valence-corrected chi connectivity index (χ4v) is 3.21. The Hall–Kier alpha value is -0.690. The number of aryl methyl sites for hydroxylation is 1. The van der Waals surface area contributed by atoms with Crippen LogP contribution in [0.4, 0.5) is 0 Å². The van der Waals surface area contributed by atoms with E-state index in [1.165, 1.54) is 5.56 Å². The van der Waals surface area contributed by atoms with Crippen LogP contribution in [0.3, 0.4) is 0 Å². The van der Waals surface area contributed by atoms with E-state index in [0.717, 1.165) is 25.2 Å². The molecule has 0 aromatic carbocycles. The van der Waals surface area contributed by atoms with Crippen LogP contribution in [-0.2, 0) is 0 Å². The third-order valence-electron chi connectivity index (χ3n) is 2.57. The van der Waals surface area contributed by atoms with Gasteiger partial charge in [0.15, 0.2) is 7.71 Å². The third kappa shape index (κ3) is 1.97. The topological polar surface area (TPSA) is 41.7 Å². The van der Waals surface area contributed by atoms with Crippen LogP contribution in [0.5, 0.6) is 0 Å². The van der Waals surface area contributed by atoms with Crippen molar-refractivity contribution in [2.24, 2.45) is 0 Å². The molecule has 0 atom stereocenters. The van der Waals surface area contributed by atoms with Crippen molar-refractivity contribution in [2.75, 3.05) is 12.3 Å². The zero-order valence-electron chi connectivity index (χ0n) is 7.90. The van der Waals surface area contributed by atoms with Gasteiger partial charge < -0.3 is 0 Å². The fourth-order valence-electron chi connectivity index (χ4n) is 1.76. The monoisotopic (exact) mass is 196 g/mol. The van der Waals surface area contributed by atoms with Crippen molar-refractivity contribution in [3.05, 3.63) is 18.0 Å². The van der Waals surface area contributed by atoms with E-state index in [1.54, 1.807) is 0 Å². The SMILES string of the molecule is Cc1cnn(C2CC[P+](=N)CC2)c1. The van der Waals surface area contributed by atoms with Crippen molar-refractivity contribution in [1.29, 1.82) is 5.16 Å². The summed E-state index contributed by atoms with van der Waals surface area (Å²) in [5.74, 6) is 0. The predicted octanol–water partition coefficient (Wildman–Crippen LogP) is 2.77. The molecule has 0 radical (unpaired) electrons. The van der Waals surface area contributed by atoms with Crippen LogP contribution < -0.4 is 0 Å². The minimum absolute atomic E-state index is 0.393. The molecule has 2 heterocycles. The fraction of sp³-hybridized carbons (Fsp3) is 0.667. The van der Waals surface area contributed by atoms with E-state index in [-0.39, 0.29) is 0 Å². The molecule has 0 saturated carbocycles. The molecule has 70 valence electrons. The van der Waals surface area contributed by atoms with Gasteiger partial charge in [-0.05, 0) is 12.5 Å². The van der Waals surface area contributed by atoms with Crippen LogP contribution in [0, 0.1) is 12.1 Å². The zero-order chi connectivity index (χ0) is 9.26. The Labute approximate surface area is 79.4 Å². The van der Waals surface area contributed by atoms with E-state index in [0.29, 0.717) is 6.04 Å². The van der Waals surface area contributed by atoms with Gasteiger partial charge in [0.05, 0.1) is 12.2 Å². The lowest BCUT2D eigenvalue weighted by Gasteiger charge is -2.17. The quantitative estimate of drug-likeness (QED) is 0.689. The number of rotatable bonds is 1. The molecule has 1 aromatic rings. The summed E-state index contributed by atoms with van der Waals surface area (Å²) in [6.45, 7) is 2.07. The van der Waals surface area contributed by atoms with Crippen molar-refractivity contribution in [3.63, 3.8) is 0 Å². The number of hydrogen-bond donors (Lipinski definition) is 1. The zero-order valence-corrected chi connectivity index (χ0v) is 8.80. The Kier molecular flexibility index (Phi) is 2.45. The highest BCUT2D eigenvalue weighted by atomic mass is 31.1. The maximum absolute atomic E-state index is 7.66. The number of nitrogens with one attached hydrogen (secondary N) is 1. The van der Waals surface area contributed by atoms with Gasteiger partial charge in [0, 0.05) is 19.0 Å². The Morgan fingerprint density at radius 3 is 2.77 bits per heavy atom. The van der Waals surface area contributed by atoms with Crippen LogP contribution in [0.2, 0.25) is 0 Å². The van der Waals surface area contributed by atoms with Crippen LogP contribution in [0.1, 0.15) is 24.4 Å². The lowest BCUT2D eigenvalue weighted by molar-refractivity contribution is 0.423. The smallest absolute Gasteiger partial charge is 0.196 e. The van der Waals surface area contributed by atoms with Gasteiger partial charge in [-0.3, -0.25) is 4.68 Å². The molecule has 1 aliphatic heterocycles. The average Bonchev–Trinajstić information content (AvgIpc) is 2.53. The molecule has 1 fully saturated rings. The molecule has 4 heteroatoms. The van der Waals surface area contributed by atoms with Crippen LogP contribution in [0.25, 0.3) is 0 Å². The Balaban J connectivity index is 2.06. The first-order chi connectivity index (χ1) is 6.25. The molecule has 0 bridgehead atoms. The third-order valence-corrected chi connectivity index (χ3v) is 4.17. The molecule has 1 saturated heterocycles. The molecular weight excluding hydrogens is 181 g/mol. The lowest BCUT2D eigenvalue weighted by Crippen LogP contribution is -2.15. The molecule has 0 aliphatic carbocycles. The Morgan fingerprint density at radius 1 is 1.54 bits per heavy atom. The van der Waals surface area contributed by atoms with Gasteiger partial charge in [-0.25, -0.2) is 0 Å². The maximum Gasteiger partial charge on any atom is 0.196 e. The van der Waals surface area contributed by atoms with Gasteiger partial charge in [-0.1, -0.05) is 0 Å². The van der Waals surface area contributed by atoms with Crippen molar-refractivity contribution >= 4 is 7.71 Å². The molecule has 0 amide bonds. The highest BCUT2D eigenvalue weighted by Gasteiger charge is 2.25. The normalized spacial score (nSPS) is 26.2. The van der Waals surface area contributed by atoms with Gasteiger partial charge in [-0.15, -0.1) is 5.16 Å². The molecule has 0 unspecified atom stereocenters. The first-order valence-electron chi connectivity index (χ1n) is 4.72. The first kappa shape index (κ1) is 8.89. The summed E-state index contributed by atoms with van der Waals surface area (Å²) in [4.78, 5) is 0. The second-order valence-corrected chi connectivity index (χ2v) is 5.69. The van der Waals surface area contributed by atoms with E-state index >= 15 is 0 Å². The van der Waals surface area contributed by atoms with Gasteiger partial charge in [-0.2, -0.15) is 5.10 Å². The van der Waals surface area contributed by atoms with Gasteiger partial charge in [0.2, 0.25) is 0 Å². The summed E-state index contributed by atoms with van der Waals surface area (Å²) in [6.07, 6.45) is 8.52. The lowest BCUT2D eigenvalue weighted by atomic mass is 10.2. The largest absolute Gasteiger partial charge is 0.269 e. The molecule has 0 spiro atoms. The van der Waals surface area contributed by atoms with E-state index in [2.05, 4.69) is 22.9 Å². The van der Waals surface area contributed by atoms with Crippen molar-refractivity contribution in [3.8, 4) is 0 Å². The molecule has 1 aliphatic rings. The van der Waals surface area contributed by atoms with Gasteiger partial charge in [0.25, 0.3) is 0 Å². The van der Waals surface area contributed by atoms with E-state index in [4.69, 9.17) is 5.16 Å². The standard InChI is InChI=1S/C9H15N3P/c1-8-6-11-12(7-8)9-2-4-13(10)5-3-9/h6-7,9-10H,2-5H2,1H3/q+1. The second kappa shape index (κ2) is 3.59. The minimum Gasteiger partial charge on any atom is -0.269 e. The average molecular weight is 196 g/mol. The Bertz CT molecular complexity index is 308. The molecule has 13 heavy (non-hydrogen) atoms. The summed E-state index contributed by atoms with van der Waals surface area (Å²) in [5, 5.41) is 12.0. The van der Waals surface area contributed by atoms with Gasteiger partial charge in [0.1, 0.15) is 12.3 Å².